The van der Waals surface area contributed by atoms with Gasteiger partial charge in [-0.1, -0.05) is 6.07 Å². The summed E-state index contributed by atoms with van der Waals surface area (Å²) in [5.74, 6) is 0.517. The number of aromatic nitrogens is 3. The molecule has 0 atom stereocenters. The molecule has 1 heterocycles. The molecule has 0 aliphatic rings. The second kappa shape index (κ2) is 10.4. The topological polar surface area (TPSA) is 142 Å². The predicted octanol–water partition coefficient (Wildman–Crippen LogP) is 1.25. The van der Waals surface area contributed by atoms with Crippen LogP contribution in [0, 0.1) is 0 Å². The molecule has 3 rings (SSSR count). The number of halogens is 2. The van der Waals surface area contributed by atoms with Gasteiger partial charge in [-0.15, -0.1) is 0 Å². The van der Waals surface area contributed by atoms with E-state index in [9.17, 15) is 13.0 Å². The number of hydrogen-bond donors (Lipinski definition) is 1. The van der Waals surface area contributed by atoms with Gasteiger partial charge in [-0.3, -0.25) is 0 Å². The van der Waals surface area contributed by atoms with E-state index in [4.69, 9.17) is 27.9 Å². The Morgan fingerprint density at radius 1 is 1.00 bits per heavy atom. The summed E-state index contributed by atoms with van der Waals surface area (Å²) in [5.41, 5.74) is 1.12. The molecule has 0 aliphatic heterocycles. The summed E-state index contributed by atoms with van der Waals surface area (Å²) >= 11 is 11.5. The van der Waals surface area contributed by atoms with Crippen molar-refractivity contribution in [2.75, 3.05) is 12.4 Å². The molecular weight excluding hydrogens is 466 g/mol. The van der Waals surface area contributed by atoms with Gasteiger partial charge in [0.1, 0.15) is 15.9 Å². The molecule has 0 fully saturated rings. The Labute approximate surface area is 203 Å². The van der Waals surface area contributed by atoms with Gasteiger partial charge in [0.2, 0.25) is 16.5 Å². The summed E-state index contributed by atoms with van der Waals surface area (Å²) < 4.78 is 38.6. The Kier molecular flexibility index (Phi) is 8.50. The fourth-order valence-electron chi connectivity index (χ4n) is 2.16. The van der Waals surface area contributed by atoms with Gasteiger partial charge in [0.05, 0.1) is 29.1 Å². The Morgan fingerprint density at radius 3 is 2.23 bits per heavy atom. The first kappa shape index (κ1) is 24.4. The largest absolute Gasteiger partial charge is 1.00 e. The zero-order valence-corrected chi connectivity index (χ0v) is 19.9. The molecule has 3 aromatic rings. The van der Waals surface area contributed by atoms with Crippen LogP contribution >= 0.6 is 23.2 Å². The maximum atomic E-state index is 11.1. The third kappa shape index (κ3) is 6.57. The number of azo groups is 1. The van der Waals surface area contributed by atoms with Crippen LogP contribution in [0.5, 0.6) is 5.75 Å². The van der Waals surface area contributed by atoms with Crippen LogP contribution in [0.1, 0.15) is 0 Å². The van der Waals surface area contributed by atoms with Crippen molar-refractivity contribution >= 4 is 56.3 Å². The minimum Gasteiger partial charge on any atom is -0.744 e. The SMILES string of the molecule is COc1cc(N=Nc2cccc(S(=O)(=O)[O-])c2)ccc1Nc1nc(Cl)nc(Cl)n1.[Na+]. The normalized spacial score (nSPS) is 11.2. The second-order valence-electron chi connectivity index (χ2n) is 5.36. The first-order valence-electron chi connectivity index (χ1n) is 7.74. The van der Waals surface area contributed by atoms with Crippen molar-refractivity contribution in [2.24, 2.45) is 10.2 Å². The van der Waals surface area contributed by atoms with Crippen LogP contribution in [-0.2, 0) is 10.1 Å². The Morgan fingerprint density at radius 2 is 1.63 bits per heavy atom. The molecule has 10 nitrogen and oxygen atoms in total. The first-order chi connectivity index (χ1) is 13.7. The molecule has 0 spiro atoms. The minimum absolute atomic E-state index is 0. The number of methoxy groups -OCH3 is 1. The average Bonchev–Trinajstić information content (AvgIpc) is 2.66. The molecule has 1 N–H and O–H groups in total. The third-order valence-electron chi connectivity index (χ3n) is 3.40. The second-order valence-corrected chi connectivity index (χ2v) is 7.41. The standard InChI is InChI=1S/C16H12Cl2N6O4S.Na/c1-28-13-8-10(24-23-9-3-2-4-11(7-9)29(25,26)27)5-6-12(13)19-16-21-14(17)20-15(18)22-16;/h2-8H,1H3,(H,25,26,27)(H,19,20,21,22);/q;+1/p-1. The summed E-state index contributed by atoms with van der Waals surface area (Å²) in [4.78, 5) is 11.1. The van der Waals surface area contributed by atoms with E-state index in [0.29, 0.717) is 17.1 Å². The van der Waals surface area contributed by atoms with Crippen molar-refractivity contribution in [1.29, 1.82) is 0 Å². The molecule has 30 heavy (non-hydrogen) atoms. The number of nitrogens with zero attached hydrogens (tertiary/aromatic N) is 5. The van der Waals surface area contributed by atoms with Gasteiger partial charge >= 0.3 is 29.6 Å². The monoisotopic (exact) mass is 476 g/mol. The minimum atomic E-state index is -4.58. The summed E-state index contributed by atoms with van der Waals surface area (Å²) in [7, 11) is -3.12. The molecule has 0 saturated heterocycles. The smallest absolute Gasteiger partial charge is 0.744 e. The first-order valence-corrected chi connectivity index (χ1v) is 9.91. The van der Waals surface area contributed by atoms with Gasteiger partial charge < -0.3 is 14.6 Å². The van der Waals surface area contributed by atoms with Crippen molar-refractivity contribution < 1.29 is 47.3 Å². The van der Waals surface area contributed by atoms with Crippen molar-refractivity contribution in [3.8, 4) is 5.75 Å². The van der Waals surface area contributed by atoms with Gasteiger partial charge in [-0.05, 0) is 53.5 Å². The van der Waals surface area contributed by atoms with Crippen LogP contribution < -0.4 is 39.6 Å². The molecule has 0 amide bonds. The van der Waals surface area contributed by atoms with E-state index < -0.39 is 10.1 Å². The molecule has 0 radical (unpaired) electrons. The quantitative estimate of drug-likeness (QED) is 0.318. The van der Waals surface area contributed by atoms with Gasteiger partial charge in [0, 0.05) is 6.07 Å². The van der Waals surface area contributed by atoms with E-state index >= 15 is 0 Å². The zero-order valence-electron chi connectivity index (χ0n) is 15.6. The molecule has 0 saturated carbocycles. The van der Waals surface area contributed by atoms with E-state index in [1.807, 2.05) is 0 Å². The van der Waals surface area contributed by atoms with Crippen LogP contribution in [0.15, 0.2) is 57.6 Å². The van der Waals surface area contributed by atoms with E-state index in [-0.39, 0.29) is 56.7 Å². The van der Waals surface area contributed by atoms with Crippen LogP contribution in [0.4, 0.5) is 23.0 Å². The van der Waals surface area contributed by atoms with E-state index in [2.05, 4.69) is 30.5 Å². The summed E-state index contributed by atoms with van der Waals surface area (Å²) in [6, 6.07) is 10.1. The van der Waals surface area contributed by atoms with Gasteiger partial charge in [-0.25, -0.2) is 8.42 Å². The van der Waals surface area contributed by atoms with E-state index in [1.165, 1.54) is 25.3 Å². The predicted molar refractivity (Wildman–Crippen MR) is 105 cm³/mol. The fourth-order valence-corrected chi connectivity index (χ4v) is 3.04. The van der Waals surface area contributed by atoms with Crippen LogP contribution in [0.25, 0.3) is 0 Å². The number of ether oxygens (including phenoxy) is 1. The Hall–Kier alpha value is -1.86. The van der Waals surface area contributed by atoms with Crippen LogP contribution in [0.3, 0.4) is 0 Å². The fraction of sp³-hybridized carbons (Fsp3) is 0.0625. The molecule has 0 bridgehead atoms. The Balaban J connectivity index is 0.00000320. The molecule has 0 unspecified atom stereocenters. The maximum absolute atomic E-state index is 11.1. The van der Waals surface area contributed by atoms with E-state index in [0.717, 1.165) is 6.07 Å². The molecule has 1 aromatic heterocycles. The van der Waals surface area contributed by atoms with Gasteiger partial charge in [-0.2, -0.15) is 25.2 Å². The number of anilines is 2. The maximum Gasteiger partial charge on any atom is 1.00 e. The number of rotatable bonds is 6. The number of nitrogens with one attached hydrogen (secondary N) is 1. The van der Waals surface area contributed by atoms with E-state index in [1.54, 1.807) is 18.2 Å². The Bertz CT molecular complexity index is 1180. The summed E-state index contributed by atoms with van der Waals surface area (Å²) in [6.07, 6.45) is 0. The molecule has 2 aromatic carbocycles. The van der Waals surface area contributed by atoms with Crippen molar-refractivity contribution in [3.05, 3.63) is 53.0 Å². The average molecular weight is 477 g/mol. The van der Waals surface area contributed by atoms with Crippen molar-refractivity contribution in [3.63, 3.8) is 0 Å². The van der Waals surface area contributed by atoms with Crippen LogP contribution in [0.2, 0.25) is 10.6 Å². The molecule has 0 aliphatic carbocycles. The zero-order chi connectivity index (χ0) is 21.0. The number of benzene rings is 2. The molecular formula is C16H11Cl2N6NaO4S. The number of hydrogen-bond acceptors (Lipinski definition) is 10. The van der Waals surface area contributed by atoms with Gasteiger partial charge in [0.15, 0.2) is 0 Å². The molecule has 14 heteroatoms. The summed E-state index contributed by atoms with van der Waals surface area (Å²) in [6.45, 7) is 0. The van der Waals surface area contributed by atoms with Crippen LogP contribution in [-0.4, -0.2) is 35.0 Å². The van der Waals surface area contributed by atoms with Crippen molar-refractivity contribution in [1.82, 2.24) is 15.0 Å². The third-order valence-corrected chi connectivity index (χ3v) is 4.57. The molecule has 150 valence electrons. The summed E-state index contributed by atoms with van der Waals surface area (Å²) in [5, 5.41) is 10.7. The van der Waals surface area contributed by atoms with Crippen molar-refractivity contribution in [2.45, 2.75) is 4.90 Å². The van der Waals surface area contributed by atoms with Gasteiger partial charge in [0.25, 0.3) is 0 Å².